The highest BCUT2D eigenvalue weighted by molar-refractivity contribution is 7.90. The zero-order valence-electron chi connectivity index (χ0n) is 16.0. The highest BCUT2D eigenvalue weighted by atomic mass is 32.2. The zero-order valence-corrected chi connectivity index (χ0v) is 17.6. The van der Waals surface area contributed by atoms with Crippen LogP contribution >= 0.6 is 11.3 Å². The van der Waals surface area contributed by atoms with Gasteiger partial charge in [0.25, 0.3) is 0 Å². The molecule has 1 aliphatic rings. The van der Waals surface area contributed by atoms with Crippen LogP contribution in [0.3, 0.4) is 0 Å². The van der Waals surface area contributed by atoms with Crippen LogP contribution < -0.4 is 0 Å². The molecule has 4 nitrogen and oxygen atoms in total. The average molecular weight is 439 g/mol. The fraction of sp³-hybridized carbons (Fsp3) is 0.190. The summed E-state index contributed by atoms with van der Waals surface area (Å²) in [4.78, 5) is 12.9. The van der Waals surface area contributed by atoms with Crippen molar-refractivity contribution in [2.45, 2.75) is 24.3 Å². The number of fused-ring (bicyclic) bond motifs is 1. The van der Waals surface area contributed by atoms with Gasteiger partial charge in [0.2, 0.25) is 0 Å². The number of halogens is 2. The van der Waals surface area contributed by atoms with E-state index in [-0.39, 0.29) is 20.3 Å². The molecule has 0 saturated carbocycles. The van der Waals surface area contributed by atoms with Crippen molar-refractivity contribution in [3.63, 3.8) is 0 Å². The first kappa shape index (κ1) is 22.7. The molecule has 0 aliphatic carbocycles. The van der Waals surface area contributed by atoms with Crippen molar-refractivity contribution in [1.29, 1.82) is 0 Å². The second kappa shape index (κ2) is 7.68. The molecule has 3 aromatic rings. The third kappa shape index (κ3) is 3.95. The number of hydrogen-bond donors (Lipinski definition) is 0. The smallest absolute Gasteiger partial charge is 0.340 e. The van der Waals surface area contributed by atoms with Crippen LogP contribution in [0.25, 0.3) is 21.2 Å². The van der Waals surface area contributed by atoms with Gasteiger partial charge in [-0.1, -0.05) is 24.3 Å². The number of esters is 1. The second-order valence-electron chi connectivity index (χ2n) is 7.12. The van der Waals surface area contributed by atoms with Crippen LogP contribution in [-0.2, 0) is 19.4 Å². The number of ether oxygens (including phenoxy) is 1. The van der Waals surface area contributed by atoms with Gasteiger partial charge in [0, 0.05) is 16.5 Å². The maximum Gasteiger partial charge on any atom is 0.340 e. The Morgan fingerprint density at radius 1 is 0.931 bits per heavy atom. The van der Waals surface area contributed by atoms with Gasteiger partial charge in [-0.25, -0.2) is 13.2 Å². The maximum atomic E-state index is 12.7. The lowest BCUT2D eigenvalue weighted by Crippen LogP contribution is -2.22. The Balaban J connectivity index is 0.00000150. The lowest BCUT2D eigenvalue weighted by Gasteiger charge is -2.21. The molecule has 0 bridgehead atoms. The molecule has 2 aromatic carbocycles. The molecule has 0 spiro atoms. The minimum absolute atomic E-state index is 0. The van der Waals surface area contributed by atoms with E-state index in [1.54, 1.807) is 35.6 Å². The lowest BCUT2D eigenvalue weighted by molar-refractivity contribution is -0.141. The molecule has 0 radical (unpaired) electrons. The van der Waals surface area contributed by atoms with E-state index in [1.807, 2.05) is 43.5 Å². The first-order valence-electron chi connectivity index (χ1n) is 8.43. The number of cyclic esters (lactones) is 1. The molecule has 2 heterocycles. The number of hydrogen-bond acceptors (Lipinski definition) is 5. The zero-order chi connectivity index (χ0) is 19.4. The highest BCUT2D eigenvalue weighted by Gasteiger charge is 2.41. The number of thiophene rings is 1. The van der Waals surface area contributed by atoms with E-state index < -0.39 is 15.4 Å². The van der Waals surface area contributed by atoms with Crippen LogP contribution in [0.4, 0.5) is 9.41 Å². The maximum absolute atomic E-state index is 12.7. The standard InChI is InChI=1S/C21H18O4S2.2FH/c1-21(2)19(14-6-8-16(9-7-14)27(3,23)24)18(20(22)25-21)15-5-4-13-10-11-26-17(13)12-15;;/h4-12H,1-3H3;2*1H. The van der Waals surface area contributed by atoms with E-state index in [2.05, 4.69) is 0 Å². The summed E-state index contributed by atoms with van der Waals surface area (Å²) in [5.41, 5.74) is 2.08. The number of rotatable bonds is 3. The Kier molecular flexibility index (Phi) is 6.02. The summed E-state index contributed by atoms with van der Waals surface area (Å²) in [5.74, 6) is -0.363. The summed E-state index contributed by atoms with van der Waals surface area (Å²) >= 11 is 1.62. The summed E-state index contributed by atoms with van der Waals surface area (Å²) < 4.78 is 30.2. The number of sulfone groups is 1. The van der Waals surface area contributed by atoms with Crippen molar-refractivity contribution < 1.29 is 27.4 Å². The van der Waals surface area contributed by atoms with E-state index in [9.17, 15) is 13.2 Å². The summed E-state index contributed by atoms with van der Waals surface area (Å²) in [7, 11) is -3.28. The van der Waals surface area contributed by atoms with Crippen molar-refractivity contribution in [2.24, 2.45) is 0 Å². The molecule has 1 aromatic heterocycles. The quantitative estimate of drug-likeness (QED) is 0.548. The van der Waals surface area contributed by atoms with E-state index in [0.717, 1.165) is 26.8 Å². The predicted molar refractivity (Wildman–Crippen MR) is 113 cm³/mol. The van der Waals surface area contributed by atoms with Crippen LogP contribution in [0.1, 0.15) is 25.0 Å². The van der Waals surface area contributed by atoms with Gasteiger partial charge in [-0.05, 0) is 60.0 Å². The predicted octanol–water partition coefficient (Wildman–Crippen LogP) is 4.86. The Morgan fingerprint density at radius 2 is 1.55 bits per heavy atom. The second-order valence-corrected chi connectivity index (χ2v) is 10.1. The monoisotopic (exact) mass is 438 g/mol. The minimum atomic E-state index is -3.28. The van der Waals surface area contributed by atoms with Gasteiger partial charge in [-0.3, -0.25) is 9.41 Å². The molecule has 0 unspecified atom stereocenters. The fourth-order valence-electron chi connectivity index (χ4n) is 3.47. The summed E-state index contributed by atoms with van der Waals surface area (Å²) in [6.45, 7) is 3.70. The molecule has 0 fully saturated rings. The molecule has 0 N–H and O–H groups in total. The summed E-state index contributed by atoms with van der Waals surface area (Å²) in [6, 6.07) is 14.6. The molecule has 0 amide bonds. The Labute approximate surface area is 171 Å². The van der Waals surface area contributed by atoms with Gasteiger partial charge in [-0.15, -0.1) is 11.3 Å². The summed E-state index contributed by atoms with van der Waals surface area (Å²) in [6.07, 6.45) is 1.18. The van der Waals surface area contributed by atoms with Crippen LogP contribution in [0.2, 0.25) is 0 Å². The van der Waals surface area contributed by atoms with Crippen molar-refractivity contribution in [3.05, 3.63) is 65.0 Å². The van der Waals surface area contributed by atoms with E-state index >= 15 is 0 Å². The van der Waals surface area contributed by atoms with Crippen LogP contribution in [0.5, 0.6) is 0 Å². The van der Waals surface area contributed by atoms with Crippen molar-refractivity contribution in [2.75, 3.05) is 6.26 Å². The SMILES string of the molecule is CC1(C)OC(=O)C(c2ccc3ccsc3c2)=C1c1ccc(S(C)(=O)=O)cc1.F.F. The van der Waals surface area contributed by atoms with E-state index in [0.29, 0.717) is 5.57 Å². The van der Waals surface area contributed by atoms with E-state index in [1.165, 1.54) is 6.26 Å². The number of benzene rings is 2. The Bertz CT molecular complexity index is 1210. The van der Waals surface area contributed by atoms with Gasteiger partial charge in [0.05, 0.1) is 10.5 Å². The molecular formula is C21H20F2O4S2. The average Bonchev–Trinajstić information content (AvgIpc) is 3.14. The van der Waals surface area contributed by atoms with Crippen LogP contribution in [0.15, 0.2) is 58.8 Å². The van der Waals surface area contributed by atoms with Gasteiger partial charge >= 0.3 is 5.97 Å². The van der Waals surface area contributed by atoms with Crippen molar-refractivity contribution in [3.8, 4) is 0 Å². The number of carbonyl (C=O) groups excluding carboxylic acids is 1. The lowest BCUT2D eigenvalue weighted by atomic mass is 9.87. The highest BCUT2D eigenvalue weighted by Crippen LogP contribution is 2.44. The van der Waals surface area contributed by atoms with Gasteiger partial charge in [0.15, 0.2) is 9.84 Å². The normalized spacial score (nSPS) is 15.6. The molecular weight excluding hydrogens is 418 g/mol. The Morgan fingerprint density at radius 3 is 2.17 bits per heavy atom. The minimum Gasteiger partial charge on any atom is -0.451 e. The fourth-order valence-corrected chi connectivity index (χ4v) is 4.93. The van der Waals surface area contributed by atoms with Crippen LogP contribution in [-0.4, -0.2) is 26.2 Å². The van der Waals surface area contributed by atoms with Crippen molar-refractivity contribution in [1.82, 2.24) is 0 Å². The first-order chi connectivity index (χ1) is 12.7. The molecule has 29 heavy (non-hydrogen) atoms. The first-order valence-corrected chi connectivity index (χ1v) is 11.2. The molecule has 4 rings (SSSR count). The Hall–Kier alpha value is -2.58. The largest absolute Gasteiger partial charge is 0.451 e. The molecule has 154 valence electrons. The number of carbonyl (C=O) groups is 1. The van der Waals surface area contributed by atoms with Gasteiger partial charge in [0.1, 0.15) is 5.60 Å². The van der Waals surface area contributed by atoms with Crippen LogP contribution in [0, 0.1) is 0 Å². The van der Waals surface area contributed by atoms with Crippen molar-refractivity contribution >= 4 is 48.4 Å². The third-order valence-electron chi connectivity index (χ3n) is 4.72. The topological polar surface area (TPSA) is 60.4 Å². The molecule has 0 atom stereocenters. The summed E-state index contributed by atoms with van der Waals surface area (Å²) in [5, 5.41) is 3.15. The third-order valence-corrected chi connectivity index (χ3v) is 6.73. The molecule has 1 aliphatic heterocycles. The van der Waals surface area contributed by atoms with Gasteiger partial charge in [-0.2, -0.15) is 0 Å². The van der Waals surface area contributed by atoms with Gasteiger partial charge < -0.3 is 4.74 Å². The molecule has 8 heteroatoms. The van der Waals surface area contributed by atoms with E-state index in [4.69, 9.17) is 4.74 Å². The molecule has 0 saturated heterocycles.